The van der Waals surface area contributed by atoms with Crippen molar-refractivity contribution >= 4 is 10.8 Å². The first-order chi connectivity index (χ1) is 9.20. The molecule has 3 nitrogen and oxygen atoms in total. The topological polar surface area (TPSA) is 52.3 Å². The van der Waals surface area contributed by atoms with Crippen LogP contribution in [0.1, 0.15) is 43.7 Å². The van der Waals surface area contributed by atoms with Gasteiger partial charge in [0.2, 0.25) is 0 Å². The predicted molar refractivity (Wildman–Crippen MR) is 79.8 cm³/mol. The van der Waals surface area contributed by atoms with Crippen molar-refractivity contribution in [1.82, 2.24) is 0 Å². The molecule has 2 atom stereocenters. The largest absolute Gasteiger partial charge is 0.497 e. The molecule has 0 amide bonds. The zero-order chi connectivity index (χ0) is 13.7. The third-order valence-electron chi connectivity index (χ3n) is 3.81. The monoisotopic (exact) mass is 281 g/mol. The average Bonchev–Trinajstić information content (AvgIpc) is 2.48. The third kappa shape index (κ3) is 4.05. The Morgan fingerprint density at radius 3 is 2.47 bits per heavy atom. The Morgan fingerprint density at radius 1 is 1.26 bits per heavy atom. The fraction of sp³-hybridized carbons (Fsp3) is 0.600. The second-order valence-corrected chi connectivity index (χ2v) is 6.95. The summed E-state index contributed by atoms with van der Waals surface area (Å²) in [5.41, 5.74) is 7.19. The van der Waals surface area contributed by atoms with Gasteiger partial charge in [-0.2, -0.15) is 0 Å². The Balaban J connectivity index is 1.91. The van der Waals surface area contributed by atoms with E-state index >= 15 is 0 Å². The molecular weight excluding hydrogens is 258 g/mol. The minimum atomic E-state index is -0.800. The minimum absolute atomic E-state index is 0.145. The van der Waals surface area contributed by atoms with Crippen molar-refractivity contribution in [2.45, 2.75) is 43.4 Å². The molecule has 1 fully saturated rings. The van der Waals surface area contributed by atoms with Crippen LogP contribution in [-0.4, -0.2) is 22.3 Å². The fourth-order valence-corrected chi connectivity index (χ4v) is 4.27. The number of benzene rings is 1. The smallest absolute Gasteiger partial charge is 0.118 e. The minimum Gasteiger partial charge on any atom is -0.497 e. The molecule has 1 aliphatic rings. The zero-order valence-corrected chi connectivity index (χ0v) is 12.3. The van der Waals surface area contributed by atoms with Gasteiger partial charge in [-0.25, -0.2) is 0 Å². The van der Waals surface area contributed by atoms with E-state index in [1.54, 1.807) is 7.11 Å². The molecule has 0 saturated heterocycles. The summed E-state index contributed by atoms with van der Waals surface area (Å²) in [7, 11) is 0.845. The van der Waals surface area contributed by atoms with E-state index in [0.717, 1.165) is 24.2 Å². The molecule has 1 aliphatic carbocycles. The highest BCUT2D eigenvalue weighted by Gasteiger charge is 2.21. The van der Waals surface area contributed by atoms with Gasteiger partial charge in [-0.3, -0.25) is 4.21 Å². The van der Waals surface area contributed by atoms with Gasteiger partial charge in [0.05, 0.1) is 7.11 Å². The predicted octanol–water partition coefficient (Wildman–Crippen LogP) is 2.78. The van der Waals surface area contributed by atoms with E-state index in [2.05, 4.69) is 0 Å². The van der Waals surface area contributed by atoms with Crippen LogP contribution in [-0.2, 0) is 10.8 Å². The van der Waals surface area contributed by atoms with E-state index in [9.17, 15) is 4.21 Å². The van der Waals surface area contributed by atoms with Gasteiger partial charge < -0.3 is 10.5 Å². The summed E-state index contributed by atoms with van der Waals surface area (Å²) < 4.78 is 17.4. The van der Waals surface area contributed by atoms with Crippen LogP contribution in [0.3, 0.4) is 0 Å². The van der Waals surface area contributed by atoms with Crippen LogP contribution >= 0.6 is 0 Å². The molecule has 106 valence electrons. The Hall–Kier alpha value is -0.870. The van der Waals surface area contributed by atoms with E-state index in [1.807, 2.05) is 24.3 Å². The van der Waals surface area contributed by atoms with Crippen molar-refractivity contribution in [2.75, 3.05) is 12.9 Å². The normalized spacial score (nSPS) is 19.9. The summed E-state index contributed by atoms with van der Waals surface area (Å²) in [4.78, 5) is 0. The summed E-state index contributed by atoms with van der Waals surface area (Å²) in [6, 6.07) is 7.58. The van der Waals surface area contributed by atoms with E-state index < -0.39 is 10.8 Å². The molecule has 0 aliphatic heterocycles. The maximum absolute atomic E-state index is 12.3. The van der Waals surface area contributed by atoms with E-state index in [-0.39, 0.29) is 6.04 Å². The molecule has 4 heteroatoms. The molecule has 1 aromatic carbocycles. The van der Waals surface area contributed by atoms with Gasteiger partial charge in [-0.15, -0.1) is 0 Å². The molecule has 19 heavy (non-hydrogen) atoms. The molecule has 2 unspecified atom stereocenters. The number of hydrogen-bond acceptors (Lipinski definition) is 3. The molecule has 0 spiro atoms. The Kier molecular flexibility index (Phi) is 5.40. The first kappa shape index (κ1) is 14.5. The number of nitrogens with two attached hydrogens (primary N) is 1. The van der Waals surface area contributed by atoms with Crippen molar-refractivity contribution in [3.63, 3.8) is 0 Å². The Morgan fingerprint density at radius 2 is 1.89 bits per heavy atom. The Bertz CT molecular complexity index is 413. The summed E-state index contributed by atoms with van der Waals surface area (Å²) in [5, 5.41) is 0.359. The second-order valence-electron chi connectivity index (χ2n) is 5.19. The lowest BCUT2D eigenvalue weighted by Crippen LogP contribution is -2.26. The molecular formula is C15H23NO2S. The van der Waals surface area contributed by atoms with Gasteiger partial charge >= 0.3 is 0 Å². The van der Waals surface area contributed by atoms with Gasteiger partial charge in [-0.05, 0) is 30.5 Å². The third-order valence-corrected chi connectivity index (χ3v) is 5.71. The maximum atomic E-state index is 12.3. The molecule has 0 radical (unpaired) electrons. The highest BCUT2D eigenvalue weighted by atomic mass is 32.2. The van der Waals surface area contributed by atoms with Crippen LogP contribution in [0, 0.1) is 0 Å². The van der Waals surface area contributed by atoms with Crippen molar-refractivity contribution < 1.29 is 8.95 Å². The number of methoxy groups -OCH3 is 1. The van der Waals surface area contributed by atoms with E-state index in [0.29, 0.717) is 11.0 Å². The number of hydrogen-bond donors (Lipinski definition) is 1. The van der Waals surface area contributed by atoms with Gasteiger partial charge in [0.25, 0.3) is 0 Å². The molecule has 0 heterocycles. The lowest BCUT2D eigenvalue weighted by molar-refractivity contribution is 0.414. The van der Waals surface area contributed by atoms with Crippen molar-refractivity contribution in [3.05, 3.63) is 29.8 Å². The van der Waals surface area contributed by atoms with E-state index in [1.165, 1.54) is 19.3 Å². The number of ether oxygens (including phenoxy) is 1. The van der Waals surface area contributed by atoms with Crippen LogP contribution in [0.4, 0.5) is 0 Å². The summed E-state index contributed by atoms with van der Waals surface area (Å²) in [6.07, 6.45) is 5.92. The van der Waals surface area contributed by atoms with Gasteiger partial charge in [0, 0.05) is 27.8 Å². The lowest BCUT2D eigenvalue weighted by atomic mass is 10.0. The van der Waals surface area contributed by atoms with Gasteiger partial charge in [0.1, 0.15) is 5.75 Å². The number of rotatable bonds is 5. The van der Waals surface area contributed by atoms with Crippen molar-refractivity contribution in [1.29, 1.82) is 0 Å². The van der Waals surface area contributed by atoms with Gasteiger partial charge in [-0.1, -0.05) is 31.4 Å². The van der Waals surface area contributed by atoms with E-state index in [4.69, 9.17) is 10.5 Å². The highest BCUT2D eigenvalue weighted by Crippen LogP contribution is 2.24. The first-order valence-corrected chi connectivity index (χ1v) is 8.35. The molecule has 0 aromatic heterocycles. The summed E-state index contributed by atoms with van der Waals surface area (Å²) in [5.74, 6) is 1.39. The van der Waals surface area contributed by atoms with Crippen LogP contribution in [0.5, 0.6) is 5.75 Å². The zero-order valence-electron chi connectivity index (χ0n) is 11.5. The average molecular weight is 281 g/mol. The molecule has 1 aromatic rings. The highest BCUT2D eigenvalue weighted by molar-refractivity contribution is 7.85. The van der Waals surface area contributed by atoms with Gasteiger partial charge in [0.15, 0.2) is 0 Å². The van der Waals surface area contributed by atoms with Crippen LogP contribution in [0.2, 0.25) is 0 Å². The SMILES string of the molecule is COc1ccc(C(N)CS(=O)C2CCCCC2)cc1. The van der Waals surface area contributed by atoms with Crippen molar-refractivity contribution in [2.24, 2.45) is 5.73 Å². The van der Waals surface area contributed by atoms with Crippen LogP contribution in [0.15, 0.2) is 24.3 Å². The quantitative estimate of drug-likeness (QED) is 0.903. The summed E-state index contributed by atoms with van der Waals surface area (Å²) >= 11 is 0. The van der Waals surface area contributed by atoms with Crippen LogP contribution < -0.4 is 10.5 Å². The summed E-state index contributed by atoms with van der Waals surface area (Å²) in [6.45, 7) is 0. The first-order valence-electron chi connectivity index (χ1n) is 6.97. The Labute approximate surface area is 118 Å². The standard InChI is InChI=1S/C15H23NO2S/c1-18-13-9-7-12(8-10-13)15(16)11-19(17)14-5-3-2-4-6-14/h7-10,14-15H,2-6,11,16H2,1H3. The van der Waals surface area contributed by atoms with Crippen molar-refractivity contribution in [3.8, 4) is 5.75 Å². The molecule has 2 N–H and O–H groups in total. The lowest BCUT2D eigenvalue weighted by Gasteiger charge is -2.22. The molecule has 1 saturated carbocycles. The second kappa shape index (κ2) is 7.06. The fourth-order valence-electron chi connectivity index (χ4n) is 2.59. The molecule has 2 rings (SSSR count). The maximum Gasteiger partial charge on any atom is 0.118 e. The van der Waals surface area contributed by atoms with Crippen LogP contribution in [0.25, 0.3) is 0 Å². The molecule has 0 bridgehead atoms.